The van der Waals surface area contributed by atoms with E-state index in [-0.39, 0.29) is 5.69 Å². The van der Waals surface area contributed by atoms with Gasteiger partial charge in [0, 0.05) is 27.3 Å². The molecule has 0 aromatic carbocycles. The molecular formula is C8H3F3INOS. The molecule has 0 radical (unpaired) electrons. The molecule has 2 nitrogen and oxygen atoms in total. The summed E-state index contributed by atoms with van der Waals surface area (Å²) in [6.07, 6.45) is -4.73. The van der Waals surface area contributed by atoms with Crippen molar-refractivity contribution >= 4 is 30.1 Å². The first-order chi connectivity index (χ1) is 7.01. The van der Waals surface area contributed by atoms with Crippen molar-refractivity contribution in [3.8, 4) is 17.1 Å². The van der Waals surface area contributed by atoms with E-state index in [0.717, 1.165) is 6.07 Å². The lowest BCUT2D eigenvalue weighted by atomic mass is 10.4. The Balaban J connectivity index is 2.83. The topological polar surface area (TPSA) is 22.1 Å². The summed E-state index contributed by atoms with van der Waals surface area (Å²) < 4.78 is 39.1. The Hall–Kier alpha value is -0.620. The van der Waals surface area contributed by atoms with E-state index in [4.69, 9.17) is 0 Å². The average Bonchev–Trinajstić information content (AvgIpc) is 2.12. The van der Waals surface area contributed by atoms with Crippen LogP contribution >= 0.6 is 30.1 Å². The third kappa shape index (κ3) is 5.13. The van der Waals surface area contributed by atoms with E-state index < -0.39 is 12.2 Å². The number of ether oxygens (including phenoxy) is 1. The monoisotopic (exact) mass is 345 g/mol. The molecule has 15 heavy (non-hydrogen) atoms. The first-order valence-corrected chi connectivity index (χ1v) is 6.88. The molecule has 0 unspecified atom stereocenters. The van der Waals surface area contributed by atoms with E-state index in [0.29, 0.717) is 0 Å². The highest BCUT2D eigenvalue weighted by atomic mass is 127. The summed E-state index contributed by atoms with van der Waals surface area (Å²) in [7, 11) is 1.22. The molecule has 0 aliphatic carbocycles. The third-order valence-electron chi connectivity index (χ3n) is 1.16. The van der Waals surface area contributed by atoms with Gasteiger partial charge in [-0.05, 0) is 26.2 Å². The van der Waals surface area contributed by atoms with E-state index >= 15 is 0 Å². The molecule has 0 atom stereocenters. The number of aromatic nitrogens is 1. The number of alkyl halides is 3. The predicted octanol–water partition coefficient (Wildman–Crippen LogP) is 3.37. The summed E-state index contributed by atoms with van der Waals surface area (Å²) in [4.78, 5) is 3.56. The van der Waals surface area contributed by atoms with Gasteiger partial charge < -0.3 is 4.74 Å². The van der Waals surface area contributed by atoms with Crippen LogP contribution in [0.4, 0.5) is 13.2 Å². The smallest absolute Gasteiger partial charge is 0.388 e. The molecule has 0 aliphatic heterocycles. The second-order valence-corrected chi connectivity index (χ2v) is 3.89. The zero-order valence-corrected chi connectivity index (χ0v) is 9.98. The van der Waals surface area contributed by atoms with Crippen LogP contribution in [0.15, 0.2) is 18.2 Å². The quantitative estimate of drug-likeness (QED) is 0.576. The summed E-state index contributed by atoms with van der Waals surface area (Å²) in [5.41, 5.74) is 0.237. The number of pyridine rings is 1. The van der Waals surface area contributed by atoms with Crippen molar-refractivity contribution in [2.24, 2.45) is 0 Å². The molecule has 0 spiro atoms. The Bertz CT molecular complexity index is 399. The highest BCUT2D eigenvalue weighted by molar-refractivity contribution is 14.2. The minimum atomic E-state index is -4.73. The van der Waals surface area contributed by atoms with E-state index in [1.165, 1.54) is 21.1 Å². The molecule has 0 bridgehead atoms. The van der Waals surface area contributed by atoms with Gasteiger partial charge in [0.25, 0.3) is 0 Å². The molecule has 0 aliphatic rings. The second kappa shape index (κ2) is 5.46. The molecule has 1 aromatic rings. The first-order valence-electron chi connectivity index (χ1n) is 3.52. The van der Waals surface area contributed by atoms with Crippen molar-refractivity contribution < 1.29 is 17.9 Å². The van der Waals surface area contributed by atoms with Crippen molar-refractivity contribution in [2.75, 3.05) is 0 Å². The average molecular weight is 345 g/mol. The van der Waals surface area contributed by atoms with Crippen molar-refractivity contribution in [3.05, 3.63) is 23.9 Å². The van der Waals surface area contributed by atoms with Crippen LogP contribution in [0.25, 0.3) is 0 Å². The predicted molar refractivity (Wildman–Crippen MR) is 59.4 cm³/mol. The summed E-state index contributed by atoms with van der Waals surface area (Å²) >= 11 is 1.95. The van der Waals surface area contributed by atoms with Crippen LogP contribution in [0, 0.1) is 11.2 Å². The molecule has 0 N–H and O–H groups in total. The molecule has 7 heteroatoms. The molecule has 1 rings (SSSR count). The summed E-state index contributed by atoms with van der Waals surface area (Å²) in [6, 6.07) is 4.02. The minimum absolute atomic E-state index is 0.237. The van der Waals surface area contributed by atoms with Crippen molar-refractivity contribution in [1.29, 1.82) is 0 Å². The van der Waals surface area contributed by atoms with Crippen LogP contribution in [0.3, 0.4) is 0 Å². The van der Waals surface area contributed by atoms with E-state index in [9.17, 15) is 13.2 Å². The molecule has 0 saturated carbocycles. The Morgan fingerprint density at radius 1 is 1.40 bits per heavy atom. The van der Waals surface area contributed by atoms with Crippen molar-refractivity contribution in [1.82, 2.24) is 4.98 Å². The summed E-state index contributed by atoms with van der Waals surface area (Å²) in [6.45, 7) is 0. The lowest BCUT2D eigenvalue weighted by Gasteiger charge is -2.06. The van der Waals surface area contributed by atoms with Gasteiger partial charge in [-0.3, -0.25) is 0 Å². The maximum absolute atomic E-state index is 11.8. The summed E-state index contributed by atoms with van der Waals surface area (Å²) in [5, 5.41) is 2.61. The zero-order chi connectivity index (χ0) is 11.3. The summed E-state index contributed by atoms with van der Waals surface area (Å²) in [5.74, 6) is 2.06. The van der Waals surface area contributed by atoms with Crippen LogP contribution < -0.4 is 4.74 Å². The Kier molecular flexibility index (Phi) is 4.53. The van der Waals surface area contributed by atoms with Crippen LogP contribution in [0.5, 0.6) is 5.88 Å². The molecule has 0 saturated heterocycles. The van der Waals surface area contributed by atoms with Gasteiger partial charge in [0.15, 0.2) is 0 Å². The molecule has 80 valence electrons. The van der Waals surface area contributed by atoms with Crippen LogP contribution in [0.2, 0.25) is 0 Å². The number of rotatable bonds is 1. The molecule has 0 fully saturated rings. The Morgan fingerprint density at radius 2 is 2.13 bits per heavy atom. The van der Waals surface area contributed by atoms with Crippen LogP contribution in [-0.4, -0.2) is 11.3 Å². The molecular weight excluding hydrogens is 342 g/mol. The van der Waals surface area contributed by atoms with Gasteiger partial charge >= 0.3 is 6.36 Å². The van der Waals surface area contributed by atoms with Gasteiger partial charge in [0.2, 0.25) is 5.88 Å². The number of nitrogens with zero attached hydrogens (tertiary/aromatic N) is 1. The second-order valence-electron chi connectivity index (χ2n) is 2.21. The van der Waals surface area contributed by atoms with Crippen molar-refractivity contribution in [3.63, 3.8) is 0 Å². The first kappa shape index (κ1) is 12.4. The van der Waals surface area contributed by atoms with Gasteiger partial charge in [-0.1, -0.05) is 6.07 Å². The van der Waals surface area contributed by atoms with Gasteiger partial charge in [-0.15, -0.1) is 13.2 Å². The Labute approximate surface area is 100 Å². The maximum atomic E-state index is 11.8. The normalized spacial score (nSPS) is 10.4. The largest absolute Gasteiger partial charge is 0.574 e. The SMILES string of the molecule is FC(F)(F)Oc1cccc(C#CSI)n1. The number of hydrogen-bond acceptors (Lipinski definition) is 3. The van der Waals surface area contributed by atoms with E-state index in [2.05, 4.69) is 20.9 Å². The molecule has 1 aromatic heterocycles. The fourth-order valence-electron chi connectivity index (χ4n) is 0.731. The standard InChI is InChI=1S/C8H3F3INOS/c9-8(10,11)14-7-3-1-2-6(13-7)4-5-15-12/h1-3H. The van der Waals surface area contributed by atoms with Gasteiger partial charge in [0.1, 0.15) is 5.69 Å². The number of halogens is 4. The lowest BCUT2D eigenvalue weighted by Crippen LogP contribution is -2.18. The Morgan fingerprint density at radius 3 is 2.73 bits per heavy atom. The van der Waals surface area contributed by atoms with E-state index in [1.807, 2.05) is 21.2 Å². The van der Waals surface area contributed by atoms with E-state index in [1.54, 1.807) is 0 Å². The zero-order valence-electron chi connectivity index (χ0n) is 7.01. The van der Waals surface area contributed by atoms with Gasteiger partial charge in [-0.2, -0.15) is 0 Å². The highest BCUT2D eigenvalue weighted by Crippen LogP contribution is 2.20. The maximum Gasteiger partial charge on any atom is 0.574 e. The number of hydrogen-bond donors (Lipinski definition) is 0. The van der Waals surface area contributed by atoms with Crippen LogP contribution in [0.1, 0.15) is 5.69 Å². The fourth-order valence-corrected chi connectivity index (χ4v) is 1.20. The fraction of sp³-hybridized carbons (Fsp3) is 0.125. The molecule has 1 heterocycles. The van der Waals surface area contributed by atoms with Crippen LogP contribution in [-0.2, 0) is 0 Å². The third-order valence-corrected chi connectivity index (χ3v) is 2.00. The highest BCUT2D eigenvalue weighted by Gasteiger charge is 2.31. The van der Waals surface area contributed by atoms with Crippen molar-refractivity contribution in [2.45, 2.75) is 6.36 Å². The van der Waals surface area contributed by atoms with Gasteiger partial charge in [0.05, 0.1) is 0 Å². The minimum Gasteiger partial charge on any atom is -0.388 e. The lowest BCUT2D eigenvalue weighted by molar-refractivity contribution is -0.276. The molecule has 0 amide bonds. The van der Waals surface area contributed by atoms with Gasteiger partial charge in [-0.25, -0.2) is 4.98 Å².